The van der Waals surface area contributed by atoms with Crippen LogP contribution < -0.4 is 5.32 Å². The highest BCUT2D eigenvalue weighted by atomic mass is 16.5. The SMILES string of the molecule is N#Cc1ccccc1NC(=O)C1CC(=O)N(CC2CCCO2)C1. The van der Waals surface area contributed by atoms with Crippen LogP contribution in [-0.2, 0) is 14.3 Å². The molecule has 0 saturated carbocycles. The number of carbonyl (C=O) groups excluding carboxylic acids is 2. The standard InChI is InChI=1S/C17H19N3O3/c18-9-12-4-1-2-6-15(12)19-17(22)13-8-16(21)20(10-13)11-14-5-3-7-23-14/h1-2,4,6,13-14H,3,5,7-8,10-11H2,(H,19,22). The maximum atomic E-state index is 12.4. The molecule has 2 atom stereocenters. The molecule has 2 amide bonds. The molecule has 2 heterocycles. The number of nitrogens with one attached hydrogen (secondary N) is 1. The van der Waals surface area contributed by atoms with Crippen molar-refractivity contribution in [2.75, 3.05) is 25.0 Å². The Hall–Kier alpha value is -2.39. The smallest absolute Gasteiger partial charge is 0.229 e. The zero-order valence-corrected chi connectivity index (χ0v) is 12.8. The molecular formula is C17H19N3O3. The summed E-state index contributed by atoms with van der Waals surface area (Å²) >= 11 is 0. The fourth-order valence-corrected chi connectivity index (χ4v) is 3.08. The Morgan fingerprint density at radius 1 is 1.43 bits per heavy atom. The molecule has 1 N–H and O–H groups in total. The minimum absolute atomic E-state index is 0.00535. The Labute approximate surface area is 135 Å². The number of para-hydroxylation sites is 1. The maximum absolute atomic E-state index is 12.4. The zero-order chi connectivity index (χ0) is 16.2. The van der Waals surface area contributed by atoms with Gasteiger partial charge in [0.05, 0.1) is 23.3 Å². The predicted molar refractivity (Wildman–Crippen MR) is 83.4 cm³/mol. The Morgan fingerprint density at radius 2 is 2.26 bits per heavy atom. The summed E-state index contributed by atoms with van der Waals surface area (Å²) in [6.07, 6.45) is 2.31. The number of benzene rings is 1. The lowest BCUT2D eigenvalue weighted by Crippen LogP contribution is -2.34. The highest BCUT2D eigenvalue weighted by Gasteiger charge is 2.36. The van der Waals surface area contributed by atoms with Crippen molar-refractivity contribution in [1.29, 1.82) is 5.26 Å². The fraction of sp³-hybridized carbons (Fsp3) is 0.471. The molecule has 0 radical (unpaired) electrons. The van der Waals surface area contributed by atoms with Crippen LogP contribution in [0, 0.1) is 17.2 Å². The third-order valence-corrected chi connectivity index (χ3v) is 4.34. The number of amides is 2. The van der Waals surface area contributed by atoms with Gasteiger partial charge >= 0.3 is 0 Å². The molecule has 2 fully saturated rings. The summed E-state index contributed by atoms with van der Waals surface area (Å²) < 4.78 is 5.55. The average molecular weight is 313 g/mol. The van der Waals surface area contributed by atoms with Crippen molar-refractivity contribution in [3.63, 3.8) is 0 Å². The minimum Gasteiger partial charge on any atom is -0.376 e. The maximum Gasteiger partial charge on any atom is 0.229 e. The van der Waals surface area contributed by atoms with Gasteiger partial charge in [-0.15, -0.1) is 0 Å². The lowest BCUT2D eigenvalue weighted by atomic mass is 10.1. The van der Waals surface area contributed by atoms with Crippen LogP contribution in [-0.4, -0.2) is 42.5 Å². The van der Waals surface area contributed by atoms with Gasteiger partial charge in [-0.05, 0) is 25.0 Å². The first kappa shape index (κ1) is 15.5. The van der Waals surface area contributed by atoms with Gasteiger partial charge < -0.3 is 15.0 Å². The largest absolute Gasteiger partial charge is 0.376 e. The van der Waals surface area contributed by atoms with Crippen molar-refractivity contribution in [2.24, 2.45) is 5.92 Å². The molecule has 2 aliphatic heterocycles. The van der Waals surface area contributed by atoms with E-state index in [-0.39, 0.29) is 30.3 Å². The summed E-state index contributed by atoms with van der Waals surface area (Å²) in [5.74, 6) is -0.597. The van der Waals surface area contributed by atoms with Gasteiger partial charge in [-0.3, -0.25) is 9.59 Å². The topological polar surface area (TPSA) is 82.4 Å². The highest BCUT2D eigenvalue weighted by molar-refractivity contribution is 5.98. The molecule has 0 spiro atoms. The van der Waals surface area contributed by atoms with Crippen LogP contribution in [0.5, 0.6) is 0 Å². The molecule has 0 aromatic heterocycles. The number of nitrogens with zero attached hydrogens (tertiary/aromatic N) is 2. The van der Waals surface area contributed by atoms with Crippen molar-refractivity contribution < 1.29 is 14.3 Å². The highest BCUT2D eigenvalue weighted by Crippen LogP contribution is 2.23. The summed E-state index contributed by atoms with van der Waals surface area (Å²) in [4.78, 5) is 26.2. The van der Waals surface area contributed by atoms with Gasteiger partial charge in [0.15, 0.2) is 0 Å². The van der Waals surface area contributed by atoms with Crippen molar-refractivity contribution in [3.8, 4) is 6.07 Å². The van der Waals surface area contributed by atoms with Crippen LogP contribution in [0.1, 0.15) is 24.8 Å². The molecule has 0 aliphatic carbocycles. The van der Waals surface area contributed by atoms with E-state index in [1.807, 2.05) is 6.07 Å². The van der Waals surface area contributed by atoms with Gasteiger partial charge in [0.2, 0.25) is 11.8 Å². The van der Waals surface area contributed by atoms with E-state index in [2.05, 4.69) is 5.32 Å². The van der Waals surface area contributed by atoms with Gasteiger partial charge in [-0.2, -0.15) is 5.26 Å². The average Bonchev–Trinajstić information content (AvgIpc) is 3.19. The molecule has 1 aromatic carbocycles. The molecule has 120 valence electrons. The molecular weight excluding hydrogens is 294 g/mol. The first-order valence-corrected chi connectivity index (χ1v) is 7.86. The fourth-order valence-electron chi connectivity index (χ4n) is 3.08. The van der Waals surface area contributed by atoms with Gasteiger partial charge in [-0.1, -0.05) is 12.1 Å². The number of ether oxygens (including phenoxy) is 1. The molecule has 3 rings (SSSR count). The zero-order valence-electron chi connectivity index (χ0n) is 12.8. The summed E-state index contributed by atoms with van der Waals surface area (Å²) in [5.41, 5.74) is 0.909. The van der Waals surface area contributed by atoms with E-state index in [0.29, 0.717) is 24.3 Å². The number of rotatable bonds is 4. The van der Waals surface area contributed by atoms with Gasteiger partial charge in [0.25, 0.3) is 0 Å². The number of likely N-dealkylation sites (tertiary alicyclic amines) is 1. The second kappa shape index (κ2) is 6.80. The number of hydrogen-bond acceptors (Lipinski definition) is 4. The third-order valence-electron chi connectivity index (χ3n) is 4.34. The van der Waals surface area contributed by atoms with Crippen molar-refractivity contribution in [1.82, 2.24) is 4.90 Å². The van der Waals surface area contributed by atoms with Crippen LogP contribution >= 0.6 is 0 Å². The molecule has 0 bridgehead atoms. The van der Waals surface area contributed by atoms with Crippen LogP contribution in [0.4, 0.5) is 5.69 Å². The predicted octanol–water partition coefficient (Wildman–Crippen LogP) is 1.52. The Bertz CT molecular complexity index is 647. The molecule has 1 aromatic rings. The summed E-state index contributed by atoms with van der Waals surface area (Å²) in [5, 5.41) is 11.8. The molecule has 6 nitrogen and oxygen atoms in total. The summed E-state index contributed by atoms with van der Waals surface area (Å²) in [6.45, 7) is 1.73. The number of hydrogen-bond donors (Lipinski definition) is 1. The van der Waals surface area contributed by atoms with E-state index in [1.165, 1.54) is 0 Å². The van der Waals surface area contributed by atoms with Gasteiger partial charge in [-0.25, -0.2) is 0 Å². The van der Waals surface area contributed by atoms with E-state index in [4.69, 9.17) is 10.00 Å². The van der Waals surface area contributed by atoms with E-state index in [9.17, 15) is 9.59 Å². The molecule has 6 heteroatoms. The first-order valence-electron chi connectivity index (χ1n) is 7.86. The van der Waals surface area contributed by atoms with Crippen LogP contribution in [0.3, 0.4) is 0 Å². The van der Waals surface area contributed by atoms with E-state index < -0.39 is 0 Å². The summed E-state index contributed by atoms with van der Waals surface area (Å²) in [7, 11) is 0. The minimum atomic E-state index is -0.379. The Balaban J connectivity index is 1.60. The number of carbonyl (C=O) groups is 2. The Kier molecular flexibility index (Phi) is 4.58. The number of anilines is 1. The second-order valence-corrected chi connectivity index (χ2v) is 5.98. The van der Waals surface area contributed by atoms with Gasteiger partial charge in [0, 0.05) is 26.1 Å². The number of nitriles is 1. The van der Waals surface area contributed by atoms with E-state index in [1.54, 1.807) is 29.2 Å². The van der Waals surface area contributed by atoms with E-state index >= 15 is 0 Å². The molecule has 2 aliphatic rings. The lowest BCUT2D eigenvalue weighted by Gasteiger charge is -2.20. The monoisotopic (exact) mass is 313 g/mol. The Morgan fingerprint density at radius 3 is 3.00 bits per heavy atom. The van der Waals surface area contributed by atoms with Gasteiger partial charge in [0.1, 0.15) is 6.07 Å². The molecule has 2 unspecified atom stereocenters. The van der Waals surface area contributed by atoms with Crippen molar-refractivity contribution in [3.05, 3.63) is 29.8 Å². The normalized spacial score (nSPS) is 23.8. The van der Waals surface area contributed by atoms with Crippen LogP contribution in [0.15, 0.2) is 24.3 Å². The second-order valence-electron chi connectivity index (χ2n) is 5.98. The summed E-state index contributed by atoms with van der Waals surface area (Å²) in [6, 6.07) is 8.90. The van der Waals surface area contributed by atoms with Crippen LogP contribution in [0.2, 0.25) is 0 Å². The van der Waals surface area contributed by atoms with Crippen LogP contribution in [0.25, 0.3) is 0 Å². The molecule has 23 heavy (non-hydrogen) atoms. The quantitative estimate of drug-likeness (QED) is 0.913. The van der Waals surface area contributed by atoms with Crippen molar-refractivity contribution >= 4 is 17.5 Å². The van der Waals surface area contributed by atoms with Crippen molar-refractivity contribution in [2.45, 2.75) is 25.4 Å². The lowest BCUT2D eigenvalue weighted by molar-refractivity contribution is -0.129. The molecule has 2 saturated heterocycles. The van der Waals surface area contributed by atoms with E-state index in [0.717, 1.165) is 19.4 Å². The third kappa shape index (κ3) is 3.51. The first-order chi connectivity index (χ1) is 11.2.